The lowest BCUT2D eigenvalue weighted by atomic mass is 10.1. The van der Waals surface area contributed by atoms with E-state index < -0.39 is 22.5 Å². The van der Waals surface area contributed by atoms with Crippen molar-refractivity contribution < 1.29 is 18.0 Å². The highest BCUT2D eigenvalue weighted by atomic mass is 35.5. The fraction of sp³-hybridized carbons (Fsp3) is 0.259. The minimum Gasteiger partial charge on any atom is -0.339 e. The Balaban J connectivity index is 1.60. The lowest BCUT2D eigenvalue weighted by Crippen LogP contribution is -2.38. The van der Waals surface area contributed by atoms with Crippen LogP contribution in [0.15, 0.2) is 83.8 Å². The topological polar surface area (TPSA) is 86.8 Å². The van der Waals surface area contributed by atoms with Gasteiger partial charge in [0.15, 0.2) is 0 Å². The molecule has 0 aromatic heterocycles. The molecule has 7 nitrogen and oxygen atoms in total. The van der Waals surface area contributed by atoms with Gasteiger partial charge in [0.1, 0.15) is 6.54 Å². The highest BCUT2D eigenvalue weighted by Gasteiger charge is 2.28. The number of sulfonamides is 1. The van der Waals surface area contributed by atoms with Crippen molar-refractivity contribution in [1.82, 2.24) is 4.90 Å². The summed E-state index contributed by atoms with van der Waals surface area (Å²) in [5.41, 5.74) is 0.989. The first-order valence-corrected chi connectivity index (χ1v) is 13.7. The molecule has 9 heteroatoms. The van der Waals surface area contributed by atoms with E-state index in [-0.39, 0.29) is 16.5 Å². The van der Waals surface area contributed by atoms with Gasteiger partial charge in [0.2, 0.25) is 5.91 Å². The van der Waals surface area contributed by atoms with Gasteiger partial charge in [-0.1, -0.05) is 60.8 Å². The summed E-state index contributed by atoms with van der Waals surface area (Å²) in [7, 11) is -4.07. The van der Waals surface area contributed by atoms with E-state index in [0.29, 0.717) is 29.4 Å². The van der Waals surface area contributed by atoms with Gasteiger partial charge in [-0.25, -0.2) is 8.42 Å². The Labute approximate surface area is 216 Å². The van der Waals surface area contributed by atoms with Crippen LogP contribution in [-0.2, 0) is 14.8 Å². The van der Waals surface area contributed by atoms with Gasteiger partial charge in [-0.05, 0) is 55.3 Å². The van der Waals surface area contributed by atoms with Crippen LogP contribution in [0.2, 0.25) is 5.02 Å². The van der Waals surface area contributed by atoms with Gasteiger partial charge in [0, 0.05) is 18.1 Å². The smallest absolute Gasteiger partial charge is 0.264 e. The van der Waals surface area contributed by atoms with Crippen LogP contribution >= 0.6 is 11.6 Å². The molecule has 0 radical (unpaired) electrons. The van der Waals surface area contributed by atoms with Crippen LogP contribution in [0.4, 0.5) is 11.4 Å². The maximum atomic E-state index is 13.5. The average molecular weight is 526 g/mol. The van der Waals surface area contributed by atoms with Gasteiger partial charge >= 0.3 is 0 Å². The third-order valence-corrected chi connectivity index (χ3v) is 8.06. The zero-order valence-electron chi connectivity index (χ0n) is 19.8. The van der Waals surface area contributed by atoms with E-state index >= 15 is 0 Å². The highest BCUT2D eigenvalue weighted by molar-refractivity contribution is 7.92. The van der Waals surface area contributed by atoms with Gasteiger partial charge in [0.25, 0.3) is 15.9 Å². The number of carbonyl (C=O) groups excluding carboxylic acids is 2. The molecule has 2 amide bonds. The van der Waals surface area contributed by atoms with E-state index in [0.717, 1.165) is 30.0 Å². The second-order valence-electron chi connectivity index (χ2n) is 8.60. The molecule has 1 aliphatic heterocycles. The predicted molar refractivity (Wildman–Crippen MR) is 142 cm³/mol. The SMILES string of the molecule is O=C(CN(c1cccc(Cl)c1)S(=O)(=O)c1ccccc1)Nc1ccccc1C(=O)N1CCCCCC1. The van der Waals surface area contributed by atoms with Crippen LogP contribution in [0.3, 0.4) is 0 Å². The molecule has 0 spiro atoms. The zero-order chi connectivity index (χ0) is 25.5. The van der Waals surface area contributed by atoms with E-state index in [4.69, 9.17) is 11.6 Å². The number of benzene rings is 3. The number of likely N-dealkylation sites (tertiary alicyclic amines) is 1. The highest BCUT2D eigenvalue weighted by Crippen LogP contribution is 2.27. The van der Waals surface area contributed by atoms with E-state index in [1.807, 2.05) is 4.90 Å². The molecule has 0 unspecified atom stereocenters. The van der Waals surface area contributed by atoms with Gasteiger partial charge in [-0.15, -0.1) is 0 Å². The molecule has 1 N–H and O–H groups in total. The van der Waals surface area contributed by atoms with Crippen molar-refractivity contribution in [2.24, 2.45) is 0 Å². The Hall–Kier alpha value is -3.36. The number of rotatable bonds is 7. The van der Waals surface area contributed by atoms with Crippen LogP contribution in [0, 0.1) is 0 Å². The number of nitrogens with one attached hydrogen (secondary N) is 1. The van der Waals surface area contributed by atoms with E-state index in [9.17, 15) is 18.0 Å². The van der Waals surface area contributed by atoms with Crippen LogP contribution in [0.5, 0.6) is 0 Å². The van der Waals surface area contributed by atoms with Crippen molar-refractivity contribution in [3.8, 4) is 0 Å². The van der Waals surface area contributed by atoms with Gasteiger partial charge in [-0.3, -0.25) is 13.9 Å². The molecule has 0 saturated carbocycles. The van der Waals surface area contributed by atoms with E-state index in [1.165, 1.54) is 18.2 Å². The van der Waals surface area contributed by atoms with Gasteiger partial charge in [-0.2, -0.15) is 0 Å². The summed E-state index contributed by atoms with van der Waals surface area (Å²) in [6.07, 6.45) is 4.09. The second-order valence-corrected chi connectivity index (χ2v) is 10.9. The van der Waals surface area contributed by atoms with Crippen molar-refractivity contribution in [1.29, 1.82) is 0 Å². The molecule has 3 aromatic rings. The third kappa shape index (κ3) is 6.06. The van der Waals surface area contributed by atoms with Crippen molar-refractivity contribution in [3.05, 3.63) is 89.4 Å². The number of para-hydroxylation sites is 1. The molecule has 36 heavy (non-hydrogen) atoms. The monoisotopic (exact) mass is 525 g/mol. The van der Waals surface area contributed by atoms with Crippen LogP contribution in [0.25, 0.3) is 0 Å². The largest absolute Gasteiger partial charge is 0.339 e. The number of halogens is 1. The Morgan fingerprint density at radius 2 is 1.53 bits per heavy atom. The molecule has 0 bridgehead atoms. The molecule has 188 valence electrons. The summed E-state index contributed by atoms with van der Waals surface area (Å²) < 4.78 is 28.0. The van der Waals surface area contributed by atoms with Gasteiger partial charge < -0.3 is 10.2 Å². The molecule has 1 fully saturated rings. The number of hydrogen-bond acceptors (Lipinski definition) is 4. The minimum absolute atomic E-state index is 0.0505. The quantitative estimate of drug-likeness (QED) is 0.460. The van der Waals surface area contributed by atoms with Gasteiger partial charge in [0.05, 0.1) is 21.8 Å². The van der Waals surface area contributed by atoms with Crippen molar-refractivity contribution in [2.45, 2.75) is 30.6 Å². The van der Waals surface area contributed by atoms with Crippen molar-refractivity contribution in [2.75, 3.05) is 29.3 Å². The maximum absolute atomic E-state index is 13.5. The summed E-state index contributed by atoms with van der Waals surface area (Å²) in [4.78, 5) is 28.3. The first-order chi connectivity index (χ1) is 17.4. The number of amides is 2. The summed E-state index contributed by atoms with van der Waals surface area (Å²) >= 11 is 6.13. The Morgan fingerprint density at radius 3 is 2.22 bits per heavy atom. The molecule has 1 aliphatic rings. The molecule has 0 aliphatic carbocycles. The first-order valence-electron chi connectivity index (χ1n) is 11.9. The molecule has 1 heterocycles. The average Bonchev–Trinajstić information content (AvgIpc) is 3.17. The fourth-order valence-electron chi connectivity index (χ4n) is 4.21. The Bertz CT molecular complexity index is 1320. The normalized spacial score (nSPS) is 14.1. The predicted octanol–water partition coefficient (Wildman–Crippen LogP) is 5.19. The van der Waals surface area contributed by atoms with Crippen LogP contribution in [0.1, 0.15) is 36.0 Å². The first kappa shape index (κ1) is 25.7. The van der Waals surface area contributed by atoms with Crippen LogP contribution < -0.4 is 9.62 Å². The molecular weight excluding hydrogens is 498 g/mol. The second kappa shape index (κ2) is 11.6. The molecule has 1 saturated heterocycles. The number of nitrogens with zero attached hydrogens (tertiary/aromatic N) is 2. The summed E-state index contributed by atoms with van der Waals surface area (Å²) in [5.74, 6) is -0.720. The minimum atomic E-state index is -4.07. The lowest BCUT2D eigenvalue weighted by molar-refractivity contribution is -0.114. The van der Waals surface area contributed by atoms with E-state index in [1.54, 1.807) is 60.7 Å². The maximum Gasteiger partial charge on any atom is 0.264 e. The molecule has 4 rings (SSSR count). The summed E-state index contributed by atoms with van der Waals surface area (Å²) in [6, 6.07) is 21.0. The number of anilines is 2. The Morgan fingerprint density at radius 1 is 0.861 bits per heavy atom. The third-order valence-electron chi connectivity index (χ3n) is 6.04. The zero-order valence-corrected chi connectivity index (χ0v) is 21.3. The molecule has 3 aromatic carbocycles. The fourth-order valence-corrected chi connectivity index (χ4v) is 5.83. The summed E-state index contributed by atoms with van der Waals surface area (Å²) in [5, 5.41) is 3.10. The Kier molecular flexibility index (Phi) is 8.28. The van der Waals surface area contributed by atoms with Crippen molar-refractivity contribution >= 4 is 44.8 Å². The molecular formula is C27H28ClN3O4S. The van der Waals surface area contributed by atoms with E-state index in [2.05, 4.69) is 5.32 Å². The van der Waals surface area contributed by atoms with Crippen molar-refractivity contribution in [3.63, 3.8) is 0 Å². The lowest BCUT2D eigenvalue weighted by Gasteiger charge is -2.25. The van der Waals surface area contributed by atoms with Crippen LogP contribution in [-0.4, -0.2) is 44.8 Å². The number of carbonyl (C=O) groups is 2. The summed E-state index contributed by atoms with van der Waals surface area (Å²) in [6.45, 7) is 0.863. The number of hydrogen-bond donors (Lipinski definition) is 1. The molecule has 0 atom stereocenters. The standard InChI is InChI=1S/C27H28ClN3O4S/c28-21-11-10-12-22(19-21)31(36(34,35)23-13-4-3-5-14-23)20-26(32)29-25-16-7-6-15-24(25)27(33)30-17-8-1-2-9-18-30/h3-7,10-16,19H,1-2,8-9,17-18,20H2,(H,29,32).